The van der Waals surface area contributed by atoms with Gasteiger partial charge in [-0.15, -0.1) is 11.3 Å². The van der Waals surface area contributed by atoms with Crippen LogP contribution >= 0.6 is 11.3 Å². The van der Waals surface area contributed by atoms with Gasteiger partial charge in [0.2, 0.25) is 0 Å². The molecule has 4 rings (SSSR count). The number of hydrogen-bond acceptors (Lipinski definition) is 4. The van der Waals surface area contributed by atoms with Gasteiger partial charge in [0, 0.05) is 32.0 Å². The first-order valence-corrected chi connectivity index (χ1v) is 8.55. The number of nitrogens with zero attached hydrogens (tertiary/aromatic N) is 2. The van der Waals surface area contributed by atoms with Gasteiger partial charge in [-0.3, -0.25) is 9.78 Å². The quantitative estimate of drug-likeness (QED) is 0.900. The lowest BCUT2D eigenvalue weighted by Gasteiger charge is -2.15. The lowest BCUT2D eigenvalue weighted by Crippen LogP contribution is -2.30. The molecule has 1 aliphatic heterocycles. The summed E-state index contributed by atoms with van der Waals surface area (Å²) in [6.45, 7) is 1.96. The Balaban J connectivity index is 1.26. The fourth-order valence-corrected chi connectivity index (χ4v) is 4.62. The number of aromatic nitrogens is 1. The number of nitrogens with one attached hydrogen (secondary N) is 1. The van der Waals surface area contributed by atoms with Crippen LogP contribution in [-0.2, 0) is 0 Å². The maximum absolute atomic E-state index is 12.2. The highest BCUT2D eigenvalue weighted by molar-refractivity contribution is 7.20. The average Bonchev–Trinajstić information content (AvgIpc) is 2.96. The van der Waals surface area contributed by atoms with Crippen LogP contribution in [0.1, 0.15) is 16.1 Å². The van der Waals surface area contributed by atoms with E-state index in [9.17, 15) is 9.59 Å². The van der Waals surface area contributed by atoms with E-state index in [1.54, 1.807) is 12.4 Å². The summed E-state index contributed by atoms with van der Waals surface area (Å²) in [4.78, 5) is 29.3. The third-order valence-electron chi connectivity index (χ3n) is 4.95. The average molecular weight is 331 g/mol. The minimum Gasteiger partial charge on any atom is -0.465 e. The van der Waals surface area contributed by atoms with Crippen molar-refractivity contribution in [3.8, 4) is 0 Å². The van der Waals surface area contributed by atoms with Crippen LogP contribution in [0.4, 0.5) is 4.79 Å². The van der Waals surface area contributed by atoms with Crippen molar-refractivity contribution in [1.29, 1.82) is 0 Å². The molecular weight excluding hydrogens is 314 g/mol. The Kier molecular flexibility index (Phi) is 3.45. The predicted octanol–water partition coefficient (Wildman–Crippen LogP) is 2.27. The van der Waals surface area contributed by atoms with Gasteiger partial charge in [-0.2, -0.15) is 0 Å². The largest absolute Gasteiger partial charge is 0.465 e. The number of carbonyl (C=O) groups excluding carboxylic acids is 1. The van der Waals surface area contributed by atoms with E-state index < -0.39 is 6.09 Å². The summed E-state index contributed by atoms with van der Waals surface area (Å²) < 4.78 is 1.02. The van der Waals surface area contributed by atoms with Crippen LogP contribution in [0, 0.1) is 17.8 Å². The molecule has 1 saturated carbocycles. The van der Waals surface area contributed by atoms with Crippen LogP contribution in [0.3, 0.4) is 0 Å². The molecule has 6 nitrogen and oxygen atoms in total. The normalized spacial score (nSPS) is 25.4. The molecule has 2 aliphatic rings. The summed E-state index contributed by atoms with van der Waals surface area (Å²) >= 11 is 1.45. The highest BCUT2D eigenvalue weighted by Gasteiger charge is 2.55. The molecule has 2 amide bonds. The van der Waals surface area contributed by atoms with Gasteiger partial charge in [0.25, 0.3) is 5.91 Å². The number of amides is 2. The van der Waals surface area contributed by atoms with Crippen molar-refractivity contribution in [2.75, 3.05) is 19.6 Å². The topological polar surface area (TPSA) is 82.5 Å². The van der Waals surface area contributed by atoms with Crippen LogP contribution in [0.5, 0.6) is 0 Å². The SMILES string of the molecule is O=C(NCCC1C2CN(C(=O)O)CC12)c1cc2ccncc2s1. The molecule has 2 aromatic heterocycles. The molecular formula is C16H17N3O3S. The zero-order chi connectivity index (χ0) is 16.0. The minimum absolute atomic E-state index is 0.0378. The second kappa shape index (κ2) is 5.49. The molecule has 0 radical (unpaired) electrons. The Labute approximate surface area is 137 Å². The molecule has 0 aromatic carbocycles. The number of pyridine rings is 1. The Bertz CT molecular complexity index is 730. The van der Waals surface area contributed by atoms with Gasteiger partial charge in [0.15, 0.2) is 0 Å². The zero-order valence-corrected chi connectivity index (χ0v) is 13.3. The van der Waals surface area contributed by atoms with Crippen molar-refractivity contribution in [3.05, 3.63) is 29.4 Å². The van der Waals surface area contributed by atoms with Crippen LogP contribution in [0.2, 0.25) is 0 Å². The number of piperidine rings is 1. The van der Waals surface area contributed by atoms with E-state index in [1.165, 1.54) is 16.2 Å². The molecule has 2 N–H and O–H groups in total. The first-order valence-electron chi connectivity index (χ1n) is 7.73. The van der Waals surface area contributed by atoms with E-state index >= 15 is 0 Å². The van der Waals surface area contributed by atoms with E-state index in [4.69, 9.17) is 5.11 Å². The van der Waals surface area contributed by atoms with Crippen LogP contribution in [-0.4, -0.2) is 46.6 Å². The highest BCUT2D eigenvalue weighted by atomic mass is 32.1. The van der Waals surface area contributed by atoms with E-state index in [-0.39, 0.29) is 5.91 Å². The molecule has 1 saturated heterocycles. The third-order valence-corrected chi connectivity index (χ3v) is 6.04. The molecule has 2 aromatic rings. The fourth-order valence-electron chi connectivity index (χ4n) is 3.67. The third kappa shape index (κ3) is 2.65. The first kappa shape index (κ1) is 14.4. The molecule has 23 heavy (non-hydrogen) atoms. The molecule has 2 atom stereocenters. The number of carboxylic acid groups (broad SMARTS) is 1. The Morgan fingerprint density at radius 2 is 2.17 bits per heavy atom. The van der Waals surface area contributed by atoms with Gasteiger partial charge in [0.1, 0.15) is 0 Å². The maximum atomic E-state index is 12.2. The highest BCUT2D eigenvalue weighted by Crippen LogP contribution is 2.53. The lowest BCUT2D eigenvalue weighted by molar-refractivity contribution is 0.0956. The lowest BCUT2D eigenvalue weighted by atomic mass is 10.2. The van der Waals surface area contributed by atoms with Gasteiger partial charge in [-0.25, -0.2) is 4.79 Å². The standard InChI is InChI=1S/C16H17N3O3S/c20-15(13-5-9-1-3-17-6-14(9)23-13)18-4-2-10-11-7-19(16(21)22)8-12(10)11/h1,3,5-6,10-12H,2,4,7-8H2,(H,18,20)(H,21,22). The van der Waals surface area contributed by atoms with E-state index in [0.29, 0.717) is 42.3 Å². The van der Waals surface area contributed by atoms with Crippen molar-refractivity contribution >= 4 is 33.4 Å². The predicted molar refractivity (Wildman–Crippen MR) is 86.6 cm³/mol. The minimum atomic E-state index is -0.816. The Hall–Kier alpha value is -2.15. The summed E-state index contributed by atoms with van der Waals surface area (Å²) in [7, 11) is 0. The summed E-state index contributed by atoms with van der Waals surface area (Å²) in [6.07, 6.45) is 3.61. The zero-order valence-electron chi connectivity index (χ0n) is 12.4. The maximum Gasteiger partial charge on any atom is 0.407 e. The van der Waals surface area contributed by atoms with Crippen molar-refractivity contribution in [1.82, 2.24) is 15.2 Å². The van der Waals surface area contributed by atoms with Crippen LogP contribution < -0.4 is 5.32 Å². The first-order chi connectivity index (χ1) is 11.1. The number of carbonyl (C=O) groups is 2. The number of hydrogen-bond donors (Lipinski definition) is 2. The van der Waals surface area contributed by atoms with E-state index in [1.807, 2.05) is 12.1 Å². The van der Waals surface area contributed by atoms with Crippen molar-refractivity contribution in [2.24, 2.45) is 17.8 Å². The molecule has 2 fully saturated rings. The van der Waals surface area contributed by atoms with Gasteiger partial charge < -0.3 is 15.3 Å². The second-order valence-corrected chi connectivity index (χ2v) is 7.33. The van der Waals surface area contributed by atoms with Gasteiger partial charge >= 0.3 is 6.09 Å². The fraction of sp³-hybridized carbons (Fsp3) is 0.438. The number of fused-ring (bicyclic) bond motifs is 2. The monoisotopic (exact) mass is 331 g/mol. The van der Waals surface area contributed by atoms with Crippen LogP contribution in [0.15, 0.2) is 24.5 Å². The molecule has 2 unspecified atom stereocenters. The van der Waals surface area contributed by atoms with E-state index in [2.05, 4.69) is 10.3 Å². The number of thiophene rings is 1. The van der Waals surface area contributed by atoms with Crippen molar-refractivity contribution in [3.63, 3.8) is 0 Å². The molecule has 7 heteroatoms. The number of rotatable bonds is 4. The summed E-state index contributed by atoms with van der Waals surface area (Å²) in [5.74, 6) is 1.53. The molecule has 120 valence electrons. The Morgan fingerprint density at radius 1 is 1.39 bits per heavy atom. The number of likely N-dealkylation sites (tertiary alicyclic amines) is 1. The molecule has 1 aliphatic carbocycles. The molecule has 3 heterocycles. The smallest absolute Gasteiger partial charge is 0.407 e. The van der Waals surface area contributed by atoms with Crippen molar-refractivity contribution < 1.29 is 14.7 Å². The molecule has 0 bridgehead atoms. The molecule has 0 spiro atoms. The van der Waals surface area contributed by atoms with Crippen LogP contribution in [0.25, 0.3) is 10.1 Å². The Morgan fingerprint density at radius 3 is 2.87 bits per heavy atom. The second-order valence-electron chi connectivity index (χ2n) is 6.25. The summed E-state index contributed by atoms with van der Waals surface area (Å²) in [5.41, 5.74) is 0. The van der Waals surface area contributed by atoms with Gasteiger partial charge in [-0.05, 0) is 41.7 Å². The summed E-state index contributed by atoms with van der Waals surface area (Å²) in [6, 6.07) is 3.80. The van der Waals surface area contributed by atoms with Gasteiger partial charge in [-0.1, -0.05) is 0 Å². The summed E-state index contributed by atoms with van der Waals surface area (Å²) in [5, 5.41) is 13.0. The van der Waals surface area contributed by atoms with Gasteiger partial charge in [0.05, 0.1) is 9.58 Å². The van der Waals surface area contributed by atoms with E-state index in [0.717, 1.165) is 16.5 Å². The van der Waals surface area contributed by atoms with Crippen molar-refractivity contribution in [2.45, 2.75) is 6.42 Å².